The summed E-state index contributed by atoms with van der Waals surface area (Å²) in [5, 5.41) is 15.6. The molecule has 1 saturated heterocycles. The summed E-state index contributed by atoms with van der Waals surface area (Å²) in [6.07, 6.45) is 9.67. The van der Waals surface area contributed by atoms with Crippen molar-refractivity contribution in [2.75, 3.05) is 23.8 Å². The first-order valence-corrected chi connectivity index (χ1v) is 10.2. The van der Waals surface area contributed by atoms with Crippen molar-refractivity contribution in [3.05, 3.63) is 60.7 Å². The molecular formula is C23H24N6O. The normalized spacial score (nSPS) is 15.9. The van der Waals surface area contributed by atoms with E-state index in [0.29, 0.717) is 17.7 Å². The minimum absolute atomic E-state index is 0.278. The highest BCUT2D eigenvalue weighted by Gasteiger charge is 2.14. The molecule has 7 heteroatoms. The quantitative estimate of drug-likeness (QED) is 0.602. The zero-order valence-corrected chi connectivity index (χ0v) is 16.7. The van der Waals surface area contributed by atoms with E-state index < -0.39 is 0 Å². The number of ether oxygens (including phenoxy) is 1. The van der Waals surface area contributed by atoms with E-state index in [2.05, 4.69) is 37.7 Å². The number of hydrogen-bond acceptors (Lipinski definition) is 7. The van der Waals surface area contributed by atoms with Gasteiger partial charge in [-0.05, 0) is 31.2 Å². The maximum Gasteiger partial charge on any atom is 0.158 e. The third-order valence-corrected chi connectivity index (χ3v) is 5.07. The van der Waals surface area contributed by atoms with E-state index in [-0.39, 0.29) is 5.69 Å². The summed E-state index contributed by atoms with van der Waals surface area (Å²) in [6, 6.07) is 14.1. The lowest BCUT2D eigenvalue weighted by Crippen LogP contribution is -2.22. The number of benzene rings is 1. The molecule has 0 aliphatic carbocycles. The van der Waals surface area contributed by atoms with Gasteiger partial charge in [0.15, 0.2) is 5.69 Å². The van der Waals surface area contributed by atoms with Crippen molar-refractivity contribution in [3.63, 3.8) is 0 Å². The Balaban J connectivity index is 1.52. The Morgan fingerprint density at radius 1 is 1.03 bits per heavy atom. The molecule has 3 aromatic rings. The topological polar surface area (TPSA) is 95.8 Å². The average Bonchev–Trinajstić information content (AvgIpc) is 2.81. The number of hydrogen-bond donors (Lipinski definition) is 2. The SMILES string of the molecule is N#Cc1cnc(Nc2cc(NCCC3CCCCO3)c(-c3ccccc3)cn2)cn1. The summed E-state index contributed by atoms with van der Waals surface area (Å²) in [5.74, 6) is 1.20. The molecule has 2 N–H and O–H groups in total. The Morgan fingerprint density at radius 3 is 2.63 bits per heavy atom. The number of pyridine rings is 1. The van der Waals surface area contributed by atoms with Gasteiger partial charge in [0.05, 0.1) is 18.5 Å². The van der Waals surface area contributed by atoms with E-state index >= 15 is 0 Å². The molecule has 4 rings (SSSR count). The lowest BCUT2D eigenvalue weighted by Gasteiger charge is -2.23. The van der Waals surface area contributed by atoms with E-state index in [1.807, 2.05) is 36.5 Å². The van der Waals surface area contributed by atoms with Crippen molar-refractivity contribution in [2.24, 2.45) is 0 Å². The Labute approximate surface area is 176 Å². The van der Waals surface area contributed by atoms with E-state index in [1.165, 1.54) is 25.2 Å². The lowest BCUT2D eigenvalue weighted by atomic mass is 10.0. The summed E-state index contributed by atoms with van der Waals surface area (Å²) >= 11 is 0. The van der Waals surface area contributed by atoms with Crippen LogP contribution < -0.4 is 10.6 Å². The van der Waals surface area contributed by atoms with E-state index in [4.69, 9.17) is 10.00 Å². The van der Waals surface area contributed by atoms with Gasteiger partial charge in [-0.15, -0.1) is 0 Å². The molecule has 0 saturated carbocycles. The molecular weight excluding hydrogens is 376 g/mol. The van der Waals surface area contributed by atoms with Crippen LogP contribution in [0.3, 0.4) is 0 Å². The van der Waals surface area contributed by atoms with Gasteiger partial charge in [0.2, 0.25) is 0 Å². The molecule has 152 valence electrons. The fraction of sp³-hybridized carbons (Fsp3) is 0.304. The molecule has 1 aliphatic heterocycles. The number of anilines is 3. The highest BCUT2D eigenvalue weighted by atomic mass is 16.5. The summed E-state index contributed by atoms with van der Waals surface area (Å²) < 4.78 is 5.85. The van der Waals surface area contributed by atoms with Gasteiger partial charge in [0.1, 0.15) is 17.7 Å². The summed E-state index contributed by atoms with van der Waals surface area (Å²) in [5.41, 5.74) is 3.42. The van der Waals surface area contributed by atoms with Gasteiger partial charge in [0.25, 0.3) is 0 Å². The predicted molar refractivity (Wildman–Crippen MR) is 116 cm³/mol. The van der Waals surface area contributed by atoms with E-state index in [9.17, 15) is 0 Å². The Hall–Kier alpha value is -3.50. The van der Waals surface area contributed by atoms with Crippen molar-refractivity contribution in [1.82, 2.24) is 15.0 Å². The average molecular weight is 400 g/mol. The molecule has 0 radical (unpaired) electrons. The van der Waals surface area contributed by atoms with Gasteiger partial charge in [-0.1, -0.05) is 30.3 Å². The van der Waals surface area contributed by atoms with E-state index in [0.717, 1.165) is 42.8 Å². The van der Waals surface area contributed by atoms with Crippen LogP contribution in [0.25, 0.3) is 11.1 Å². The van der Waals surface area contributed by atoms with Crippen LogP contribution in [-0.2, 0) is 4.74 Å². The monoisotopic (exact) mass is 400 g/mol. The largest absolute Gasteiger partial charge is 0.384 e. The molecule has 7 nitrogen and oxygen atoms in total. The van der Waals surface area contributed by atoms with Crippen LogP contribution >= 0.6 is 0 Å². The van der Waals surface area contributed by atoms with Gasteiger partial charge in [-0.25, -0.2) is 15.0 Å². The molecule has 0 spiro atoms. The van der Waals surface area contributed by atoms with Crippen LogP contribution in [0.1, 0.15) is 31.4 Å². The van der Waals surface area contributed by atoms with Gasteiger partial charge >= 0.3 is 0 Å². The number of aromatic nitrogens is 3. The van der Waals surface area contributed by atoms with Crippen molar-refractivity contribution in [2.45, 2.75) is 31.8 Å². The second-order valence-electron chi connectivity index (χ2n) is 7.21. The van der Waals surface area contributed by atoms with Crippen molar-refractivity contribution < 1.29 is 4.74 Å². The summed E-state index contributed by atoms with van der Waals surface area (Å²) in [7, 11) is 0. The van der Waals surface area contributed by atoms with Gasteiger partial charge in [0, 0.05) is 36.7 Å². The van der Waals surface area contributed by atoms with Crippen LogP contribution in [0.4, 0.5) is 17.3 Å². The third kappa shape index (κ3) is 5.10. The second kappa shape index (κ2) is 9.81. The molecule has 2 aromatic heterocycles. The van der Waals surface area contributed by atoms with Crippen molar-refractivity contribution >= 4 is 17.3 Å². The van der Waals surface area contributed by atoms with Crippen molar-refractivity contribution in [1.29, 1.82) is 5.26 Å². The maximum atomic E-state index is 8.87. The fourth-order valence-electron chi connectivity index (χ4n) is 3.50. The van der Waals surface area contributed by atoms with Gasteiger partial charge in [-0.3, -0.25) is 0 Å². The molecule has 1 unspecified atom stereocenters. The molecule has 0 amide bonds. The number of rotatable bonds is 7. The minimum Gasteiger partial charge on any atom is -0.384 e. The van der Waals surface area contributed by atoms with Gasteiger partial charge < -0.3 is 15.4 Å². The standard InChI is InChI=1S/C23H24N6O/c24-13-18-14-27-23(16-26-18)29-22-12-21(25-10-9-19-8-4-5-11-30-19)20(15-28-22)17-6-2-1-3-7-17/h1-3,6-7,12,14-16,19H,4-5,8-11H2,(H2,25,27,28,29). The number of nitriles is 1. The minimum atomic E-state index is 0.278. The van der Waals surface area contributed by atoms with Crippen molar-refractivity contribution in [3.8, 4) is 17.2 Å². The zero-order valence-electron chi connectivity index (χ0n) is 16.7. The van der Waals surface area contributed by atoms with Crippen LogP contribution in [0, 0.1) is 11.3 Å². The predicted octanol–water partition coefficient (Wildman–Crippen LogP) is 4.52. The zero-order chi connectivity index (χ0) is 20.6. The highest BCUT2D eigenvalue weighted by molar-refractivity contribution is 5.79. The molecule has 0 bridgehead atoms. The van der Waals surface area contributed by atoms with Crippen LogP contribution in [0.2, 0.25) is 0 Å². The molecule has 1 atom stereocenters. The first-order valence-electron chi connectivity index (χ1n) is 10.2. The molecule has 1 fully saturated rings. The summed E-state index contributed by atoms with van der Waals surface area (Å²) in [6.45, 7) is 1.69. The molecule has 1 aromatic carbocycles. The van der Waals surface area contributed by atoms with Crippen LogP contribution in [-0.4, -0.2) is 34.2 Å². The lowest BCUT2D eigenvalue weighted by molar-refractivity contribution is 0.0134. The third-order valence-electron chi connectivity index (χ3n) is 5.07. The molecule has 30 heavy (non-hydrogen) atoms. The second-order valence-corrected chi connectivity index (χ2v) is 7.21. The first kappa shape index (κ1) is 19.8. The number of nitrogens with one attached hydrogen (secondary N) is 2. The van der Waals surface area contributed by atoms with Crippen LogP contribution in [0.15, 0.2) is 55.0 Å². The number of nitrogens with zero attached hydrogens (tertiary/aromatic N) is 4. The molecule has 3 heterocycles. The van der Waals surface area contributed by atoms with Crippen LogP contribution in [0.5, 0.6) is 0 Å². The first-order chi connectivity index (χ1) is 14.8. The fourth-order valence-corrected chi connectivity index (χ4v) is 3.50. The Morgan fingerprint density at radius 2 is 1.90 bits per heavy atom. The Bertz CT molecular complexity index is 994. The summed E-state index contributed by atoms with van der Waals surface area (Å²) in [4.78, 5) is 12.8. The van der Waals surface area contributed by atoms with E-state index in [1.54, 1.807) is 0 Å². The highest BCUT2D eigenvalue weighted by Crippen LogP contribution is 2.30. The van der Waals surface area contributed by atoms with Gasteiger partial charge in [-0.2, -0.15) is 5.26 Å². The maximum absolute atomic E-state index is 8.87. The molecule has 1 aliphatic rings. The Kier molecular flexibility index (Phi) is 6.47. The smallest absolute Gasteiger partial charge is 0.158 e.